The van der Waals surface area contributed by atoms with Gasteiger partial charge in [0, 0.05) is 51.6 Å². The Balaban J connectivity index is 1.97. The molecular weight excluding hydrogens is 640 g/mol. The van der Waals surface area contributed by atoms with Crippen molar-refractivity contribution in [2.75, 3.05) is 26.0 Å². The number of amides is 1. The van der Waals surface area contributed by atoms with Crippen LogP contribution >= 0.6 is 11.8 Å². The van der Waals surface area contributed by atoms with Crippen LogP contribution < -0.4 is 5.56 Å². The molecule has 4 aromatic rings. The molecule has 0 saturated carbocycles. The Morgan fingerprint density at radius 2 is 1.65 bits per heavy atom. The fourth-order valence-corrected chi connectivity index (χ4v) is 4.74. The van der Waals surface area contributed by atoms with E-state index < -0.39 is 184 Å². The van der Waals surface area contributed by atoms with Crippen molar-refractivity contribution >= 4 is 17.7 Å². The Hall–Kier alpha value is -3.96. The molecule has 0 radical (unpaired) electrons. The molecule has 1 atom stereocenters. The van der Waals surface area contributed by atoms with E-state index >= 15 is 4.79 Å². The van der Waals surface area contributed by atoms with Crippen molar-refractivity contribution < 1.29 is 56.6 Å². The van der Waals surface area contributed by atoms with E-state index in [4.69, 9.17) is 26.0 Å². The number of rotatable bonds is 13. The number of aromatic nitrogens is 2. The van der Waals surface area contributed by atoms with Gasteiger partial charge in [0.05, 0.1) is 24.8 Å². The van der Waals surface area contributed by atoms with Gasteiger partial charge in [-0.2, -0.15) is 18.2 Å². The fourth-order valence-electron chi connectivity index (χ4n) is 3.84. The second-order valence-corrected chi connectivity index (χ2v) is 10.4. The van der Waals surface area contributed by atoms with Crippen molar-refractivity contribution in [3.63, 3.8) is 0 Å². The molecule has 1 heterocycles. The first kappa shape index (κ1) is 15.3. The number of alkyl halides is 3. The van der Waals surface area contributed by atoms with Crippen molar-refractivity contribution in [1.29, 1.82) is 0 Å². The molecule has 11 heteroatoms. The van der Waals surface area contributed by atoms with Crippen LogP contribution in [-0.4, -0.2) is 51.2 Å². The highest BCUT2D eigenvalue weighted by molar-refractivity contribution is 7.98. The van der Waals surface area contributed by atoms with Crippen LogP contribution in [0.4, 0.5) is 17.6 Å². The maximum absolute atomic E-state index is 15.5. The van der Waals surface area contributed by atoms with E-state index in [0.29, 0.717) is 20.8 Å². The minimum absolute atomic E-state index is 0.157. The Kier molecular flexibility index (Phi) is 4.94. The molecule has 5 rings (SSSR count). The first-order valence-electron chi connectivity index (χ1n) is 26.0. The summed E-state index contributed by atoms with van der Waals surface area (Å²) < 4.78 is 275. The Morgan fingerprint density at radius 1 is 1.02 bits per heavy atom. The van der Waals surface area contributed by atoms with Gasteiger partial charge in [0.1, 0.15) is 12.3 Å². The third-order valence-corrected chi connectivity index (χ3v) is 7.11. The molecule has 0 N–H and O–H groups in total. The maximum atomic E-state index is 15.5. The molecule has 1 unspecified atom stereocenters. The van der Waals surface area contributed by atoms with E-state index in [-0.39, 0.29) is 21.9 Å². The summed E-state index contributed by atoms with van der Waals surface area (Å²) in [5.74, 6) is -7.20. The number of carbonyl (C=O) groups is 1. The highest BCUT2D eigenvalue weighted by atomic mass is 32.2. The number of thioether (sulfide) groups is 1. The topological polar surface area (TPSA) is 58.4 Å². The van der Waals surface area contributed by atoms with E-state index in [1.165, 1.54) is 12.1 Å². The third-order valence-electron chi connectivity index (χ3n) is 6.10. The molecule has 0 saturated heterocycles. The summed E-state index contributed by atoms with van der Waals surface area (Å²) in [5.41, 5.74) is -11.0. The van der Waals surface area contributed by atoms with Crippen LogP contribution in [-0.2, 0) is 42.5 Å². The maximum Gasteiger partial charge on any atom is 0.416 e. The van der Waals surface area contributed by atoms with Gasteiger partial charge < -0.3 is 14.4 Å². The molecule has 48 heavy (non-hydrogen) atoms. The number of hydrogen-bond acceptors (Lipinski definition) is 5. The monoisotopic (exact) mass is 705 g/mol. The third kappa shape index (κ3) is 8.73. The van der Waals surface area contributed by atoms with E-state index in [0.717, 1.165) is 12.1 Å². The lowest BCUT2D eigenvalue weighted by Crippen LogP contribution is -2.40. The van der Waals surface area contributed by atoms with Crippen molar-refractivity contribution in [1.82, 2.24) is 19.4 Å². The summed E-state index contributed by atoms with van der Waals surface area (Å²) in [6.07, 6.45) is -12.6. The molecule has 1 amide bonds. The number of hydrogen-bond donors (Lipinski definition) is 0. The van der Waals surface area contributed by atoms with Crippen LogP contribution in [0.2, 0.25) is 0 Å². The van der Waals surface area contributed by atoms with Crippen LogP contribution in [0.1, 0.15) is 83.0 Å². The summed E-state index contributed by atoms with van der Waals surface area (Å²) in [7, 11) is 0. The first-order chi connectivity index (χ1) is 32.5. The minimum atomic E-state index is -5.52. The lowest BCUT2D eigenvalue weighted by Gasteiger charge is -2.28. The Bertz CT molecular complexity index is 2900. The Morgan fingerprint density at radius 3 is 2.25 bits per heavy atom. The van der Waals surface area contributed by atoms with Crippen molar-refractivity contribution in [3.05, 3.63) is 117 Å². The summed E-state index contributed by atoms with van der Waals surface area (Å²) in [4.78, 5) is 31.3. The van der Waals surface area contributed by atoms with Gasteiger partial charge in [-0.1, -0.05) is 80.9 Å². The van der Waals surface area contributed by atoms with Crippen LogP contribution in [0.5, 0.6) is 0 Å². The summed E-state index contributed by atoms with van der Waals surface area (Å²) in [5, 5.41) is -1.12. The number of nitrogens with zero attached hydrogens (tertiary/aromatic N) is 4. The van der Waals surface area contributed by atoms with Crippen molar-refractivity contribution in [3.8, 4) is 11.1 Å². The zero-order chi connectivity index (χ0) is 56.7. The summed E-state index contributed by atoms with van der Waals surface area (Å²) in [6.45, 7) is -23.7. The average molecular weight is 706 g/mol. The molecule has 1 aliphatic rings. The molecule has 1 aromatic heterocycles. The van der Waals surface area contributed by atoms with Crippen LogP contribution in [0, 0.1) is 11.7 Å². The number of carbonyl (C=O) groups excluding carboxylic acids is 1. The van der Waals surface area contributed by atoms with E-state index in [2.05, 4.69) is 4.98 Å². The molecule has 6 nitrogen and oxygen atoms in total. The van der Waals surface area contributed by atoms with Gasteiger partial charge in [0.2, 0.25) is 5.91 Å². The molecule has 0 bridgehead atoms. The van der Waals surface area contributed by atoms with Gasteiger partial charge in [0.25, 0.3) is 5.56 Å². The van der Waals surface area contributed by atoms with Gasteiger partial charge in [0.15, 0.2) is 5.16 Å². The van der Waals surface area contributed by atoms with Gasteiger partial charge in [-0.25, -0.2) is 4.39 Å². The number of likely N-dealkylation sites (N-methyl/N-ethyl adjacent to an activating group) is 1. The first-order valence-corrected chi connectivity index (χ1v) is 14.5. The van der Waals surface area contributed by atoms with Gasteiger partial charge in [-0.3, -0.25) is 9.59 Å². The normalized spacial score (nSPS) is 27.4. The van der Waals surface area contributed by atoms with Crippen LogP contribution in [0.25, 0.3) is 11.1 Å². The second-order valence-electron chi connectivity index (χ2n) is 9.42. The average Bonchev–Trinajstić information content (AvgIpc) is 3.31. The molecular formula is C37H40F4N4O2S. The Labute approximate surface area is 317 Å². The lowest BCUT2D eigenvalue weighted by atomic mass is 10.0. The molecule has 0 fully saturated rings. The van der Waals surface area contributed by atoms with Crippen molar-refractivity contribution in [2.24, 2.45) is 5.89 Å². The molecule has 0 aliphatic heterocycles. The molecule has 3 aromatic carbocycles. The summed E-state index contributed by atoms with van der Waals surface area (Å²) >= 11 is 0.256. The fraction of sp³-hybridized carbons (Fsp3) is 0.378. The number of benzene rings is 3. The van der Waals surface area contributed by atoms with Gasteiger partial charge in [-0.05, 0) is 78.1 Å². The zero-order valence-electron chi connectivity index (χ0n) is 50.0. The largest absolute Gasteiger partial charge is 0.416 e. The van der Waals surface area contributed by atoms with E-state index in [9.17, 15) is 30.6 Å². The van der Waals surface area contributed by atoms with E-state index in [1.54, 1.807) is 0 Å². The predicted octanol–water partition coefficient (Wildman–Crippen LogP) is 7.47. The van der Waals surface area contributed by atoms with Gasteiger partial charge >= 0.3 is 6.18 Å². The quantitative estimate of drug-likeness (QED) is 0.0822. The SMILES string of the molecule is [2H]c1c([2H])c(C(F)(F)F)c([2H])c([2H])c1-c1c([2H])c([2H])c(C([2H])([2H])N(C(=O)C([2H])([2H])n2c(SCc3ccc(F)cc3)nc(=O)c3c2C([2H])([2H])C([2H])(C)C3([2H])[2H])C([2H])([2H])C([2H])([2H])N(C([2H])([2H])C)C([2H])([2H])C)c([2H])c1[2H]. The predicted molar refractivity (Wildman–Crippen MR) is 181 cm³/mol. The highest BCUT2D eigenvalue weighted by Gasteiger charge is 2.30. The van der Waals surface area contributed by atoms with Crippen molar-refractivity contribution in [2.45, 2.75) is 63.6 Å². The number of halogens is 4. The standard InChI is InChI=1S/C37H40F4N4O2S/c1-4-43(5-2)18-19-44(22-26-6-10-28(11-7-26)29-12-14-30(15-13-29)37(39,40)41)34(46)23-45-33-21-25(3)20-32(33)35(47)42-36(45)48-24-27-8-16-31(38)17-9-27/h6-17,25H,4-5,18-24H2,1-3H3/i4D2,5D2,6D,7D,10D,11D,12D,13D,14D,15D,18D2,19D2,20D2,21D2,22D2,23D2,25D. The molecule has 254 valence electrons. The molecule has 1 aliphatic carbocycles. The minimum Gasteiger partial charge on any atom is -0.336 e. The summed E-state index contributed by atoms with van der Waals surface area (Å²) in [6, 6.07) is -9.37. The second kappa shape index (κ2) is 15.5. The van der Waals surface area contributed by atoms with Gasteiger partial charge in [-0.15, -0.1) is 0 Å². The molecule has 0 spiro atoms. The highest BCUT2D eigenvalue weighted by Crippen LogP contribution is 2.32. The zero-order valence-corrected chi connectivity index (χ0v) is 25.9. The van der Waals surface area contributed by atoms with E-state index in [1.807, 2.05) is 0 Å². The van der Waals surface area contributed by atoms with Crippen LogP contribution in [0.3, 0.4) is 0 Å². The number of fused-ring (bicyclic) bond motifs is 1. The smallest absolute Gasteiger partial charge is 0.336 e. The van der Waals surface area contributed by atoms with Crippen LogP contribution in [0.15, 0.2) is 82.6 Å². The lowest BCUT2D eigenvalue weighted by molar-refractivity contribution is -0.137.